The number of nitrogen functional groups attached to an aromatic ring is 2. The summed E-state index contributed by atoms with van der Waals surface area (Å²) >= 11 is 0. The van der Waals surface area contributed by atoms with Crippen LogP contribution in [0.1, 0.15) is 23.7 Å². The molecule has 5 nitrogen and oxygen atoms in total. The molecule has 5 heteroatoms. The molecule has 5 N–H and O–H groups in total. The number of nitrogens with zero attached hydrogens (tertiary/aromatic N) is 1. The number of hydrogen-bond acceptors (Lipinski definition) is 4. The van der Waals surface area contributed by atoms with Gasteiger partial charge in [0.05, 0.1) is 5.56 Å². The van der Waals surface area contributed by atoms with Gasteiger partial charge in [0.15, 0.2) is 0 Å². The number of carbonyl (C=O) groups excluding carboxylic acids is 1. The molecule has 1 aromatic rings. The lowest BCUT2D eigenvalue weighted by molar-refractivity contribution is 0.0948. The monoisotopic (exact) mass is 262 g/mol. The molecular weight excluding hydrogens is 240 g/mol. The van der Waals surface area contributed by atoms with Crippen LogP contribution < -0.4 is 16.8 Å². The van der Waals surface area contributed by atoms with E-state index in [1.165, 1.54) is 0 Å². The Morgan fingerprint density at radius 2 is 2.26 bits per heavy atom. The highest BCUT2D eigenvalue weighted by atomic mass is 16.1. The summed E-state index contributed by atoms with van der Waals surface area (Å²) in [6.07, 6.45) is 1.14. The number of nitrogens with two attached hydrogens (primary N) is 2. The minimum Gasteiger partial charge on any atom is -0.399 e. The van der Waals surface area contributed by atoms with Crippen LogP contribution in [0.5, 0.6) is 0 Å². The molecule has 1 aromatic carbocycles. The van der Waals surface area contributed by atoms with E-state index in [9.17, 15) is 4.79 Å². The van der Waals surface area contributed by atoms with Gasteiger partial charge in [-0.1, -0.05) is 6.92 Å². The minimum atomic E-state index is -0.118. The molecule has 1 atom stereocenters. The smallest absolute Gasteiger partial charge is 0.253 e. The standard InChI is InChI=1S/C14H22N4O/c1-2-18-6-5-10(9-18)8-17-14(19)12-4-3-11(15)7-13(12)16/h3-4,7,10H,2,5-6,8-9,15-16H2,1H3,(H,17,19). The van der Waals surface area contributed by atoms with Crippen molar-refractivity contribution in [1.29, 1.82) is 0 Å². The van der Waals surface area contributed by atoms with Crippen molar-refractivity contribution in [2.75, 3.05) is 37.6 Å². The third-order valence-electron chi connectivity index (χ3n) is 3.69. The van der Waals surface area contributed by atoms with Crippen LogP contribution in [0.25, 0.3) is 0 Å². The molecule has 1 aliphatic rings. The van der Waals surface area contributed by atoms with Crippen LogP contribution in [-0.4, -0.2) is 37.0 Å². The molecule has 104 valence electrons. The fourth-order valence-electron chi connectivity index (χ4n) is 2.49. The first-order valence-corrected chi connectivity index (χ1v) is 6.75. The first-order valence-electron chi connectivity index (χ1n) is 6.75. The summed E-state index contributed by atoms with van der Waals surface area (Å²) < 4.78 is 0. The minimum absolute atomic E-state index is 0.118. The second-order valence-electron chi connectivity index (χ2n) is 5.10. The van der Waals surface area contributed by atoms with E-state index >= 15 is 0 Å². The Labute approximate surface area is 113 Å². The van der Waals surface area contributed by atoms with Crippen molar-refractivity contribution in [3.8, 4) is 0 Å². The molecular formula is C14H22N4O. The number of benzene rings is 1. The van der Waals surface area contributed by atoms with Crippen molar-refractivity contribution in [1.82, 2.24) is 10.2 Å². The number of rotatable bonds is 4. The number of anilines is 2. The topological polar surface area (TPSA) is 84.4 Å². The van der Waals surface area contributed by atoms with E-state index in [0.29, 0.717) is 29.4 Å². The zero-order valence-electron chi connectivity index (χ0n) is 11.4. The second-order valence-corrected chi connectivity index (χ2v) is 5.10. The maximum Gasteiger partial charge on any atom is 0.253 e. The maximum atomic E-state index is 12.0. The highest BCUT2D eigenvalue weighted by Crippen LogP contribution is 2.17. The molecule has 2 rings (SSSR count). The summed E-state index contributed by atoms with van der Waals surface area (Å²) in [7, 11) is 0. The summed E-state index contributed by atoms with van der Waals surface area (Å²) in [6.45, 7) is 6.14. The number of likely N-dealkylation sites (tertiary alicyclic amines) is 1. The van der Waals surface area contributed by atoms with Crippen LogP contribution >= 0.6 is 0 Å². The lowest BCUT2D eigenvalue weighted by atomic mass is 10.1. The average Bonchev–Trinajstić information content (AvgIpc) is 2.84. The fraction of sp³-hybridized carbons (Fsp3) is 0.500. The average molecular weight is 262 g/mol. The lowest BCUT2D eigenvalue weighted by Gasteiger charge is -2.14. The zero-order chi connectivity index (χ0) is 13.8. The first-order chi connectivity index (χ1) is 9.10. The van der Waals surface area contributed by atoms with Gasteiger partial charge in [-0.2, -0.15) is 0 Å². The molecule has 19 heavy (non-hydrogen) atoms. The van der Waals surface area contributed by atoms with Crippen LogP contribution in [-0.2, 0) is 0 Å². The van der Waals surface area contributed by atoms with Crippen LogP contribution in [0.4, 0.5) is 11.4 Å². The number of amides is 1. The molecule has 0 saturated carbocycles. The SMILES string of the molecule is CCN1CCC(CNC(=O)c2ccc(N)cc2N)C1. The van der Waals surface area contributed by atoms with Gasteiger partial charge >= 0.3 is 0 Å². The Morgan fingerprint density at radius 1 is 1.47 bits per heavy atom. The van der Waals surface area contributed by atoms with Crippen molar-refractivity contribution >= 4 is 17.3 Å². The quantitative estimate of drug-likeness (QED) is 0.705. The molecule has 1 aliphatic heterocycles. The van der Waals surface area contributed by atoms with E-state index in [-0.39, 0.29) is 5.91 Å². The molecule has 0 aromatic heterocycles. The Kier molecular flexibility index (Phi) is 4.27. The van der Waals surface area contributed by atoms with Gasteiger partial charge in [-0.15, -0.1) is 0 Å². The van der Waals surface area contributed by atoms with Gasteiger partial charge in [-0.25, -0.2) is 0 Å². The van der Waals surface area contributed by atoms with Crippen LogP contribution in [0.3, 0.4) is 0 Å². The zero-order valence-corrected chi connectivity index (χ0v) is 11.4. The molecule has 0 bridgehead atoms. The Morgan fingerprint density at radius 3 is 2.89 bits per heavy atom. The van der Waals surface area contributed by atoms with Gasteiger partial charge in [0, 0.05) is 24.5 Å². The molecule has 1 heterocycles. The third kappa shape index (κ3) is 3.38. The number of carbonyl (C=O) groups is 1. The van der Waals surface area contributed by atoms with E-state index in [1.807, 2.05) is 0 Å². The molecule has 0 radical (unpaired) electrons. The van der Waals surface area contributed by atoms with Gasteiger partial charge in [0.2, 0.25) is 0 Å². The summed E-state index contributed by atoms with van der Waals surface area (Å²) in [5.74, 6) is 0.423. The highest BCUT2D eigenvalue weighted by molar-refractivity contribution is 5.99. The van der Waals surface area contributed by atoms with E-state index in [4.69, 9.17) is 11.5 Å². The van der Waals surface area contributed by atoms with E-state index in [2.05, 4.69) is 17.1 Å². The Bertz CT molecular complexity index is 461. The van der Waals surface area contributed by atoms with Crippen molar-refractivity contribution < 1.29 is 4.79 Å². The van der Waals surface area contributed by atoms with Crippen LogP contribution in [0.2, 0.25) is 0 Å². The van der Waals surface area contributed by atoms with Crippen molar-refractivity contribution in [2.45, 2.75) is 13.3 Å². The molecule has 0 aliphatic carbocycles. The summed E-state index contributed by atoms with van der Waals surface area (Å²) in [6, 6.07) is 4.98. The second kappa shape index (κ2) is 5.93. The van der Waals surface area contributed by atoms with Gasteiger partial charge in [0.1, 0.15) is 0 Å². The van der Waals surface area contributed by atoms with Gasteiger partial charge in [-0.05, 0) is 43.6 Å². The van der Waals surface area contributed by atoms with E-state index in [1.54, 1.807) is 18.2 Å². The number of nitrogens with one attached hydrogen (secondary N) is 1. The Hall–Kier alpha value is -1.75. The fourth-order valence-corrected chi connectivity index (χ4v) is 2.49. The summed E-state index contributed by atoms with van der Waals surface area (Å²) in [4.78, 5) is 14.4. The lowest BCUT2D eigenvalue weighted by Crippen LogP contribution is -2.31. The normalized spacial score (nSPS) is 19.5. The van der Waals surface area contributed by atoms with Gasteiger partial charge < -0.3 is 21.7 Å². The van der Waals surface area contributed by atoms with Crippen molar-refractivity contribution in [3.05, 3.63) is 23.8 Å². The summed E-state index contributed by atoms with van der Waals surface area (Å²) in [5, 5.41) is 2.96. The van der Waals surface area contributed by atoms with Crippen LogP contribution in [0, 0.1) is 5.92 Å². The van der Waals surface area contributed by atoms with E-state index < -0.39 is 0 Å². The largest absolute Gasteiger partial charge is 0.399 e. The predicted octanol–water partition coefficient (Wildman–Crippen LogP) is 0.923. The molecule has 1 saturated heterocycles. The molecule has 1 fully saturated rings. The highest BCUT2D eigenvalue weighted by Gasteiger charge is 2.21. The predicted molar refractivity (Wildman–Crippen MR) is 77.8 cm³/mol. The van der Waals surface area contributed by atoms with Crippen molar-refractivity contribution in [3.63, 3.8) is 0 Å². The third-order valence-corrected chi connectivity index (χ3v) is 3.69. The maximum absolute atomic E-state index is 12.0. The molecule has 1 amide bonds. The van der Waals surface area contributed by atoms with Crippen LogP contribution in [0.15, 0.2) is 18.2 Å². The molecule has 0 spiro atoms. The van der Waals surface area contributed by atoms with E-state index in [0.717, 1.165) is 26.1 Å². The van der Waals surface area contributed by atoms with Gasteiger partial charge in [0.25, 0.3) is 5.91 Å². The Balaban J connectivity index is 1.88. The van der Waals surface area contributed by atoms with Gasteiger partial charge in [-0.3, -0.25) is 4.79 Å². The summed E-state index contributed by atoms with van der Waals surface area (Å²) in [5.41, 5.74) is 12.9. The van der Waals surface area contributed by atoms with Crippen molar-refractivity contribution in [2.24, 2.45) is 5.92 Å². The first kappa shape index (κ1) is 13.7. The number of hydrogen-bond donors (Lipinski definition) is 3. The molecule has 1 unspecified atom stereocenters.